The molecule has 63 heavy (non-hydrogen) atoms. The van der Waals surface area contributed by atoms with Crippen molar-refractivity contribution in [2.75, 3.05) is 47.0 Å². The van der Waals surface area contributed by atoms with Gasteiger partial charge in [0.2, 0.25) is 5.76 Å². The van der Waals surface area contributed by atoms with Crippen LogP contribution in [0.15, 0.2) is 76.7 Å². The number of nitrogens with zero attached hydrogens (tertiary/aromatic N) is 3. The summed E-state index contributed by atoms with van der Waals surface area (Å²) in [5.41, 5.74) is 2.25. The first-order valence-corrected chi connectivity index (χ1v) is 23.6. The number of methoxy groups -OCH3 is 2. The molecule has 1 amide bonds. The van der Waals surface area contributed by atoms with Gasteiger partial charge in [0.15, 0.2) is 6.61 Å². The number of aliphatic hydroxyl groups excluding tert-OH is 3. The predicted octanol–water partition coefficient (Wildman–Crippen LogP) is 7.96. The number of rotatable bonds is 15. The zero-order valence-corrected chi connectivity index (χ0v) is 40.4. The number of likely N-dealkylation sites (tertiary alicyclic amines) is 2. The van der Waals surface area contributed by atoms with Crippen LogP contribution in [0.25, 0.3) is 0 Å². The highest BCUT2D eigenvalue weighted by Crippen LogP contribution is 2.30. The van der Waals surface area contributed by atoms with Crippen molar-refractivity contribution in [3.05, 3.63) is 71.6 Å². The maximum atomic E-state index is 14.0. The Morgan fingerprint density at radius 1 is 1.03 bits per heavy atom. The van der Waals surface area contributed by atoms with E-state index >= 15 is 0 Å². The highest BCUT2D eigenvalue weighted by atomic mass is 16.6. The Labute approximate surface area is 379 Å². The normalized spacial score (nSPS) is 31.5. The number of amides is 1. The van der Waals surface area contributed by atoms with Crippen LogP contribution in [0.1, 0.15) is 114 Å². The van der Waals surface area contributed by atoms with Gasteiger partial charge in [0, 0.05) is 49.9 Å². The predicted molar refractivity (Wildman–Crippen MR) is 252 cm³/mol. The van der Waals surface area contributed by atoms with Gasteiger partial charge in [0.1, 0.15) is 12.2 Å². The number of aliphatic hydroxyl groups is 3. The Kier molecular flexibility index (Phi) is 23.7. The van der Waals surface area contributed by atoms with E-state index in [1.165, 1.54) is 33.5 Å². The van der Waals surface area contributed by atoms with Crippen molar-refractivity contribution in [2.45, 2.75) is 150 Å². The lowest BCUT2D eigenvalue weighted by Gasteiger charge is -2.40. The number of hydrogen-bond acceptors (Lipinski definition) is 11. The lowest BCUT2D eigenvalue weighted by Crippen LogP contribution is -2.48. The van der Waals surface area contributed by atoms with Gasteiger partial charge < -0.3 is 44.2 Å². The van der Waals surface area contributed by atoms with Gasteiger partial charge in [-0.3, -0.25) is 4.79 Å². The van der Waals surface area contributed by atoms with Gasteiger partial charge in [-0.15, -0.1) is 0 Å². The molecule has 0 aliphatic carbocycles. The molecular weight excluding hydrogens is 799 g/mol. The summed E-state index contributed by atoms with van der Waals surface area (Å²) in [6.45, 7) is 20.9. The van der Waals surface area contributed by atoms with E-state index in [4.69, 9.17) is 19.0 Å². The number of cyclic esters (lactones) is 1. The number of piperidine rings is 2. The summed E-state index contributed by atoms with van der Waals surface area (Å²) >= 11 is 0. The Hall–Kier alpha value is -3.55. The van der Waals surface area contributed by atoms with Crippen LogP contribution in [0.4, 0.5) is 0 Å². The Morgan fingerprint density at radius 3 is 2.33 bits per heavy atom. The van der Waals surface area contributed by atoms with Gasteiger partial charge in [-0.2, -0.15) is 0 Å². The average Bonchev–Trinajstić information content (AvgIpc) is 3.28. The number of allylic oxidation sites excluding steroid dienone is 7. The SMILES string of the molecule is C/C=C/C(O)C(C)/C=C/C(=N\OCC(=O)N1CCC(N2CCCCC2)CC1)C(C)C(O)C(C)C1OC(=O)/C(OC)=C/C(C)=C/C(C)C(O)C(CC)CC(C)C/C(C)=C/C=C/C1OC. The molecule has 2 fully saturated rings. The van der Waals surface area contributed by atoms with Crippen molar-refractivity contribution < 1.29 is 44.0 Å². The lowest BCUT2D eigenvalue weighted by atomic mass is 9.81. The fraction of sp³-hybridized carbons (Fsp3) is 0.706. The van der Waals surface area contributed by atoms with E-state index in [-0.39, 0.29) is 36.0 Å². The zero-order chi connectivity index (χ0) is 46.6. The highest BCUT2D eigenvalue weighted by molar-refractivity contribution is 5.96. The van der Waals surface area contributed by atoms with Crippen molar-refractivity contribution >= 4 is 17.6 Å². The maximum Gasteiger partial charge on any atom is 0.373 e. The molecule has 2 saturated heterocycles. The molecule has 3 aliphatic heterocycles. The number of carbonyl (C=O) groups excluding carboxylic acids is 2. The van der Waals surface area contributed by atoms with Gasteiger partial charge in [-0.05, 0) is 96.4 Å². The zero-order valence-electron chi connectivity index (χ0n) is 40.4. The molecule has 0 aromatic rings. The molecule has 0 radical (unpaired) electrons. The first-order valence-electron chi connectivity index (χ1n) is 23.6. The molecular formula is C51H83N3O9. The standard InChI is InChI=1S/C51H83N3O9/c1-12-18-44(55)37(6)21-22-43(52-62-33-47(56)54-27-23-42(24-28-54)53-25-15-14-16-26-53)39(8)49(58)40(9)50-45(60-10)20-17-19-34(3)29-35(4)31-41(13-2)48(57)38(7)30-36(5)32-46(61-11)51(59)63-50/h12,17-22,30,32,35,37-42,44-45,48-50,55,57-58H,13-16,23-29,31,33H2,1-11H3/b18-12+,20-17+,22-21+,34-19+,36-30+,46-32-,52-43+. The second-order valence-electron chi connectivity index (χ2n) is 18.5. The molecule has 12 nitrogen and oxygen atoms in total. The first-order chi connectivity index (χ1) is 30.0. The second kappa shape index (κ2) is 27.7. The smallest absolute Gasteiger partial charge is 0.373 e. The summed E-state index contributed by atoms with van der Waals surface area (Å²) in [7, 11) is 2.94. The number of carbonyl (C=O) groups is 2. The monoisotopic (exact) mass is 882 g/mol. The molecule has 0 bridgehead atoms. The maximum absolute atomic E-state index is 14.0. The minimum Gasteiger partial charge on any atom is -0.490 e. The fourth-order valence-corrected chi connectivity index (χ4v) is 9.31. The fourth-order valence-electron chi connectivity index (χ4n) is 9.31. The van der Waals surface area contributed by atoms with E-state index in [1.807, 2.05) is 56.9 Å². The van der Waals surface area contributed by atoms with Gasteiger partial charge in [0.25, 0.3) is 5.91 Å². The molecule has 0 spiro atoms. The molecule has 0 aromatic carbocycles. The van der Waals surface area contributed by atoms with E-state index in [1.54, 1.807) is 44.2 Å². The molecule has 3 N–H and O–H groups in total. The Morgan fingerprint density at radius 2 is 1.71 bits per heavy atom. The van der Waals surface area contributed by atoms with Crippen LogP contribution >= 0.6 is 0 Å². The van der Waals surface area contributed by atoms with Crippen LogP contribution in [-0.2, 0) is 28.6 Å². The summed E-state index contributed by atoms with van der Waals surface area (Å²) in [5, 5.41) is 38.6. The lowest BCUT2D eigenvalue weighted by molar-refractivity contribution is -0.161. The van der Waals surface area contributed by atoms with Crippen LogP contribution in [-0.4, -0.2) is 126 Å². The van der Waals surface area contributed by atoms with Gasteiger partial charge in [0.05, 0.1) is 31.1 Å². The summed E-state index contributed by atoms with van der Waals surface area (Å²) in [6.07, 6.45) is 20.3. The van der Waals surface area contributed by atoms with Crippen molar-refractivity contribution in [3.8, 4) is 0 Å². The highest BCUT2D eigenvalue weighted by Gasteiger charge is 2.38. The average molecular weight is 882 g/mol. The van der Waals surface area contributed by atoms with Gasteiger partial charge in [-0.1, -0.05) is 113 Å². The molecule has 11 atom stereocenters. The summed E-state index contributed by atoms with van der Waals surface area (Å²) in [6, 6.07) is 0.509. The summed E-state index contributed by atoms with van der Waals surface area (Å²) in [4.78, 5) is 37.5. The van der Waals surface area contributed by atoms with Crippen LogP contribution < -0.4 is 0 Å². The van der Waals surface area contributed by atoms with Crippen LogP contribution in [0.5, 0.6) is 0 Å². The van der Waals surface area contributed by atoms with Crippen molar-refractivity contribution in [3.63, 3.8) is 0 Å². The van der Waals surface area contributed by atoms with E-state index in [0.29, 0.717) is 30.8 Å². The van der Waals surface area contributed by atoms with Gasteiger partial charge in [-0.25, -0.2) is 4.79 Å². The topological polar surface area (TPSA) is 151 Å². The molecule has 0 saturated carbocycles. The van der Waals surface area contributed by atoms with E-state index in [0.717, 1.165) is 56.3 Å². The van der Waals surface area contributed by atoms with Crippen LogP contribution in [0.2, 0.25) is 0 Å². The number of esters is 1. The molecule has 3 rings (SSSR count). The van der Waals surface area contributed by atoms with E-state index in [2.05, 4.69) is 30.8 Å². The third-order valence-corrected chi connectivity index (χ3v) is 13.4. The largest absolute Gasteiger partial charge is 0.490 e. The molecule has 356 valence electrons. The number of hydrogen-bond donors (Lipinski definition) is 3. The van der Waals surface area contributed by atoms with E-state index in [9.17, 15) is 24.9 Å². The molecule has 12 heteroatoms. The summed E-state index contributed by atoms with van der Waals surface area (Å²) < 4.78 is 17.8. The van der Waals surface area contributed by atoms with Crippen LogP contribution in [0, 0.1) is 35.5 Å². The van der Waals surface area contributed by atoms with Crippen molar-refractivity contribution in [2.24, 2.45) is 40.7 Å². The molecule has 3 heterocycles. The third-order valence-electron chi connectivity index (χ3n) is 13.4. The minimum absolute atomic E-state index is 0.0332. The van der Waals surface area contributed by atoms with Crippen molar-refractivity contribution in [1.29, 1.82) is 0 Å². The quantitative estimate of drug-likeness (QED) is 0.0640. The molecule has 3 aliphatic rings. The molecule has 0 aromatic heterocycles. The minimum atomic E-state index is -1.15. The first kappa shape index (κ1) is 53.8. The van der Waals surface area contributed by atoms with Gasteiger partial charge >= 0.3 is 5.97 Å². The van der Waals surface area contributed by atoms with E-state index < -0.39 is 48.3 Å². The Bertz CT molecular complexity index is 1620. The number of oxime groups is 1. The van der Waals surface area contributed by atoms with Crippen LogP contribution in [0.3, 0.4) is 0 Å². The Balaban J connectivity index is 1.94. The molecule has 11 unspecified atom stereocenters. The van der Waals surface area contributed by atoms with Crippen molar-refractivity contribution in [1.82, 2.24) is 9.80 Å². The number of ether oxygens (including phenoxy) is 3. The summed E-state index contributed by atoms with van der Waals surface area (Å²) in [5.74, 6) is -2.32. The second-order valence-corrected chi connectivity index (χ2v) is 18.5. The third kappa shape index (κ3) is 17.1.